The second-order valence-electron chi connectivity index (χ2n) is 9.12. The molecule has 2 aliphatic carbocycles. The third kappa shape index (κ3) is 2.36. The Balaban J connectivity index is 2.19. The predicted molar refractivity (Wildman–Crippen MR) is 90.7 cm³/mol. The van der Waals surface area contributed by atoms with Gasteiger partial charge in [0.05, 0.1) is 17.6 Å². The number of aliphatic hydroxyl groups is 2. The summed E-state index contributed by atoms with van der Waals surface area (Å²) in [5.41, 5.74) is -3.00. The zero-order chi connectivity index (χ0) is 19.7. The first-order chi connectivity index (χ1) is 11.9. The molecule has 7 nitrogen and oxygen atoms in total. The van der Waals surface area contributed by atoms with Crippen LogP contribution in [-0.2, 0) is 23.8 Å². The van der Waals surface area contributed by atoms with Crippen molar-refractivity contribution in [2.75, 3.05) is 6.61 Å². The van der Waals surface area contributed by atoms with E-state index >= 15 is 0 Å². The van der Waals surface area contributed by atoms with Crippen molar-refractivity contribution < 1.29 is 34.0 Å². The highest BCUT2D eigenvalue weighted by Crippen LogP contribution is 2.69. The lowest BCUT2D eigenvalue weighted by molar-refractivity contribution is -0.324. The maximum absolute atomic E-state index is 12.1. The zero-order valence-electron chi connectivity index (χ0n) is 16.3. The number of rotatable bonds is 2. The van der Waals surface area contributed by atoms with E-state index in [9.17, 15) is 19.8 Å². The largest absolute Gasteiger partial charge is 0.462 e. The number of ether oxygens (including phenoxy) is 3. The van der Waals surface area contributed by atoms with Crippen molar-refractivity contribution >= 4 is 11.9 Å². The molecule has 1 saturated heterocycles. The van der Waals surface area contributed by atoms with E-state index in [1.165, 1.54) is 13.8 Å². The Morgan fingerprint density at radius 3 is 2.23 bits per heavy atom. The fourth-order valence-corrected chi connectivity index (χ4v) is 6.38. The molecule has 2 saturated carbocycles. The van der Waals surface area contributed by atoms with Gasteiger partial charge in [0.2, 0.25) is 0 Å². The van der Waals surface area contributed by atoms with Crippen LogP contribution in [0.5, 0.6) is 0 Å². The van der Waals surface area contributed by atoms with Crippen molar-refractivity contribution in [3.8, 4) is 0 Å². The van der Waals surface area contributed by atoms with E-state index in [2.05, 4.69) is 0 Å². The first-order valence-electron chi connectivity index (χ1n) is 9.23. The molecule has 3 rings (SSSR count). The fraction of sp³-hybridized carbons (Fsp3) is 0.895. The van der Waals surface area contributed by atoms with Gasteiger partial charge in [-0.3, -0.25) is 9.59 Å². The third-order valence-corrected chi connectivity index (χ3v) is 7.00. The van der Waals surface area contributed by atoms with Crippen LogP contribution in [0.4, 0.5) is 0 Å². The molecule has 0 bridgehead atoms. The highest BCUT2D eigenvalue weighted by molar-refractivity contribution is 5.67. The number of esters is 2. The number of hydrogen-bond donors (Lipinski definition) is 2. The van der Waals surface area contributed by atoms with Crippen LogP contribution in [0.15, 0.2) is 0 Å². The number of carbonyl (C=O) groups is 2. The summed E-state index contributed by atoms with van der Waals surface area (Å²) in [5.74, 6) is -2.04. The van der Waals surface area contributed by atoms with Crippen LogP contribution in [0, 0.1) is 28.6 Å². The summed E-state index contributed by atoms with van der Waals surface area (Å²) in [6.45, 7) is 10.3. The van der Waals surface area contributed by atoms with E-state index in [0.717, 1.165) is 0 Å². The maximum Gasteiger partial charge on any atom is 0.302 e. The number of carbonyl (C=O) groups excluding carboxylic acids is 2. The van der Waals surface area contributed by atoms with Gasteiger partial charge in [-0.2, -0.15) is 0 Å². The molecular formula is C19H30O7. The first-order valence-corrected chi connectivity index (χ1v) is 9.23. The van der Waals surface area contributed by atoms with E-state index in [-0.39, 0.29) is 12.5 Å². The monoisotopic (exact) mass is 370 g/mol. The van der Waals surface area contributed by atoms with Crippen molar-refractivity contribution in [1.29, 1.82) is 0 Å². The maximum atomic E-state index is 12.1. The van der Waals surface area contributed by atoms with Gasteiger partial charge in [-0.25, -0.2) is 0 Å². The van der Waals surface area contributed by atoms with E-state index in [1.807, 2.05) is 27.7 Å². The van der Waals surface area contributed by atoms with Gasteiger partial charge in [0.15, 0.2) is 6.29 Å². The second kappa shape index (κ2) is 5.91. The number of hydrogen-bond acceptors (Lipinski definition) is 7. The van der Waals surface area contributed by atoms with Crippen molar-refractivity contribution in [3.05, 3.63) is 0 Å². The molecule has 148 valence electrons. The summed E-state index contributed by atoms with van der Waals surface area (Å²) >= 11 is 0. The van der Waals surface area contributed by atoms with E-state index < -0.39 is 58.7 Å². The van der Waals surface area contributed by atoms with Crippen LogP contribution < -0.4 is 0 Å². The molecule has 3 fully saturated rings. The highest BCUT2D eigenvalue weighted by atomic mass is 16.6. The standard InChI is InChI=1S/C19H30O7/c1-9-7-12(25-10(2)20)14-17(4,5)16(26-11(3)21)18(6)8-24-15(22)13(9)19(14,18)23/h9,12-16,22-23H,7-8H2,1-6H3/t9-,12+,13?,14+,15+,16-,18+,19-/m1/s1. The quantitative estimate of drug-likeness (QED) is 0.705. The molecule has 2 N–H and O–H groups in total. The number of aliphatic hydroxyl groups excluding tert-OH is 1. The van der Waals surface area contributed by atoms with Gasteiger partial charge in [-0.1, -0.05) is 27.7 Å². The van der Waals surface area contributed by atoms with Crippen molar-refractivity contribution in [3.63, 3.8) is 0 Å². The van der Waals surface area contributed by atoms with Crippen LogP contribution in [0.25, 0.3) is 0 Å². The lowest BCUT2D eigenvalue weighted by Crippen LogP contribution is -2.69. The summed E-state index contributed by atoms with van der Waals surface area (Å²) in [5, 5.41) is 22.6. The van der Waals surface area contributed by atoms with Crippen LogP contribution >= 0.6 is 0 Å². The molecule has 0 aromatic rings. The van der Waals surface area contributed by atoms with Gasteiger partial charge in [-0.05, 0) is 12.3 Å². The smallest absolute Gasteiger partial charge is 0.302 e. The summed E-state index contributed by atoms with van der Waals surface area (Å²) < 4.78 is 16.9. The molecule has 0 aromatic carbocycles. The zero-order valence-corrected chi connectivity index (χ0v) is 16.3. The van der Waals surface area contributed by atoms with Gasteiger partial charge in [0.1, 0.15) is 12.2 Å². The summed E-state index contributed by atoms with van der Waals surface area (Å²) in [4.78, 5) is 23.5. The Kier molecular flexibility index (Phi) is 4.45. The molecule has 0 aromatic heterocycles. The predicted octanol–water partition coefficient (Wildman–Crippen LogP) is 1.25. The van der Waals surface area contributed by atoms with Crippen LogP contribution in [0.1, 0.15) is 48.0 Å². The fourth-order valence-electron chi connectivity index (χ4n) is 6.38. The summed E-state index contributed by atoms with van der Waals surface area (Å²) in [6, 6.07) is 0. The molecule has 0 amide bonds. The van der Waals surface area contributed by atoms with Gasteiger partial charge in [0, 0.05) is 31.1 Å². The minimum Gasteiger partial charge on any atom is -0.462 e. The molecule has 1 unspecified atom stereocenters. The van der Waals surface area contributed by atoms with Crippen LogP contribution in [-0.4, -0.2) is 52.9 Å². The first kappa shape index (κ1) is 19.6. The molecule has 1 heterocycles. The normalized spacial score (nSPS) is 49.2. The summed E-state index contributed by atoms with van der Waals surface area (Å²) in [7, 11) is 0. The Labute approximate surface area is 154 Å². The Morgan fingerprint density at radius 2 is 1.69 bits per heavy atom. The minimum atomic E-state index is -1.40. The van der Waals surface area contributed by atoms with Crippen LogP contribution in [0.3, 0.4) is 0 Å². The molecule has 0 spiro atoms. The Bertz CT molecular complexity index is 617. The average molecular weight is 370 g/mol. The Hall–Kier alpha value is -1.18. The summed E-state index contributed by atoms with van der Waals surface area (Å²) in [6.07, 6.45) is -1.77. The van der Waals surface area contributed by atoms with E-state index in [1.54, 1.807) is 0 Å². The van der Waals surface area contributed by atoms with Gasteiger partial charge >= 0.3 is 11.9 Å². The molecule has 26 heavy (non-hydrogen) atoms. The van der Waals surface area contributed by atoms with Crippen molar-refractivity contribution in [2.24, 2.45) is 28.6 Å². The molecule has 7 heteroatoms. The average Bonchev–Trinajstić information content (AvgIpc) is 2.59. The third-order valence-electron chi connectivity index (χ3n) is 7.00. The molecular weight excluding hydrogens is 340 g/mol. The second-order valence-corrected chi connectivity index (χ2v) is 9.12. The van der Waals surface area contributed by atoms with E-state index in [0.29, 0.717) is 6.42 Å². The lowest BCUT2D eigenvalue weighted by atomic mass is 9.54. The molecule has 8 atom stereocenters. The van der Waals surface area contributed by atoms with Crippen molar-refractivity contribution in [2.45, 2.75) is 72.1 Å². The molecule has 0 radical (unpaired) electrons. The van der Waals surface area contributed by atoms with Crippen LogP contribution in [0.2, 0.25) is 0 Å². The lowest BCUT2D eigenvalue weighted by Gasteiger charge is -2.59. The minimum absolute atomic E-state index is 0.0541. The van der Waals surface area contributed by atoms with Gasteiger partial charge in [-0.15, -0.1) is 0 Å². The van der Waals surface area contributed by atoms with Gasteiger partial charge in [0.25, 0.3) is 0 Å². The van der Waals surface area contributed by atoms with E-state index in [4.69, 9.17) is 14.2 Å². The molecule has 1 aliphatic heterocycles. The SMILES string of the molecule is CC(=O)O[C@H]1C[C@@H](C)C2[C@@H](O)OC[C@@]3(C)[C@H](OC(C)=O)C(C)(C)[C@H]1[C@]23O. The Morgan fingerprint density at radius 1 is 1.12 bits per heavy atom. The van der Waals surface area contributed by atoms with Crippen molar-refractivity contribution in [1.82, 2.24) is 0 Å². The van der Waals surface area contributed by atoms with Gasteiger partial charge < -0.3 is 24.4 Å². The topological polar surface area (TPSA) is 102 Å². The molecule has 3 aliphatic rings. The highest BCUT2D eigenvalue weighted by Gasteiger charge is 2.79.